The van der Waals surface area contributed by atoms with Gasteiger partial charge in [-0.25, -0.2) is 4.99 Å². The number of aromatic nitrogens is 1. The standard InChI is InChI=1S/C33H22N2OS2/c36-32-29(19-27-23-11-4-2-9-21(23)18-22-10-3-5-12-24(22)27)38-33-34-30-25-13-6-1-8-20(25)15-16-26(30)31(35(32)33)28-14-7-17-37-28/h1-14,17-19,31H,15-16H2. The second kappa shape index (κ2) is 8.48. The number of fused-ring (bicyclic) bond motifs is 5. The molecule has 0 saturated heterocycles. The van der Waals surface area contributed by atoms with Gasteiger partial charge in [-0.15, -0.1) is 11.3 Å². The summed E-state index contributed by atoms with van der Waals surface area (Å²) < 4.78 is 2.67. The number of hydrogen-bond acceptors (Lipinski definition) is 4. The van der Waals surface area contributed by atoms with Crippen LogP contribution in [0.2, 0.25) is 0 Å². The summed E-state index contributed by atoms with van der Waals surface area (Å²) >= 11 is 3.22. The molecule has 6 aromatic rings. The quantitative estimate of drug-likeness (QED) is 0.232. The summed E-state index contributed by atoms with van der Waals surface area (Å²) in [7, 11) is 0. The Morgan fingerprint density at radius 2 is 1.58 bits per heavy atom. The summed E-state index contributed by atoms with van der Waals surface area (Å²) in [6.45, 7) is 0. The molecule has 0 N–H and O–H groups in total. The Morgan fingerprint density at radius 1 is 0.842 bits per heavy atom. The molecular weight excluding hydrogens is 505 g/mol. The van der Waals surface area contributed by atoms with Crippen molar-refractivity contribution in [3.8, 4) is 0 Å². The predicted octanol–water partition coefficient (Wildman–Crippen LogP) is 6.69. The number of nitrogens with zero attached hydrogens (tertiary/aromatic N) is 2. The smallest absolute Gasteiger partial charge is 0.271 e. The number of benzene rings is 4. The zero-order valence-electron chi connectivity index (χ0n) is 20.4. The van der Waals surface area contributed by atoms with E-state index in [1.165, 1.54) is 43.7 Å². The van der Waals surface area contributed by atoms with E-state index in [1.807, 2.05) is 4.57 Å². The van der Waals surface area contributed by atoms with E-state index in [4.69, 9.17) is 4.99 Å². The molecule has 1 atom stereocenters. The highest BCUT2D eigenvalue weighted by Gasteiger charge is 2.33. The van der Waals surface area contributed by atoms with Crippen LogP contribution in [-0.4, -0.2) is 4.57 Å². The van der Waals surface area contributed by atoms with E-state index in [0.29, 0.717) is 0 Å². The molecule has 0 radical (unpaired) electrons. The molecule has 0 bridgehead atoms. The molecule has 3 nitrogen and oxygen atoms in total. The van der Waals surface area contributed by atoms with Gasteiger partial charge in [0.2, 0.25) is 0 Å². The summed E-state index contributed by atoms with van der Waals surface area (Å²) in [5.74, 6) is 0. The minimum absolute atomic E-state index is 0.0366. The van der Waals surface area contributed by atoms with E-state index in [1.54, 1.807) is 11.3 Å². The molecular formula is C33H22N2OS2. The van der Waals surface area contributed by atoms with Crippen molar-refractivity contribution in [3.63, 3.8) is 0 Å². The molecule has 1 aliphatic carbocycles. The topological polar surface area (TPSA) is 34.4 Å². The van der Waals surface area contributed by atoms with Gasteiger partial charge in [-0.3, -0.25) is 9.36 Å². The lowest BCUT2D eigenvalue weighted by molar-refractivity contribution is 0.593. The molecule has 2 aromatic heterocycles. The molecule has 0 amide bonds. The van der Waals surface area contributed by atoms with Gasteiger partial charge in [0.15, 0.2) is 4.80 Å². The van der Waals surface area contributed by atoms with E-state index < -0.39 is 0 Å². The van der Waals surface area contributed by atoms with Crippen molar-refractivity contribution < 1.29 is 0 Å². The highest BCUT2D eigenvalue weighted by Crippen LogP contribution is 2.42. The van der Waals surface area contributed by atoms with Crippen LogP contribution in [0.1, 0.15) is 34.0 Å². The molecule has 0 spiro atoms. The zero-order chi connectivity index (χ0) is 25.2. The third kappa shape index (κ3) is 3.25. The summed E-state index contributed by atoms with van der Waals surface area (Å²) in [5.41, 5.74) is 5.96. The molecule has 0 fully saturated rings. The fourth-order valence-electron chi connectivity index (χ4n) is 6.05. The van der Waals surface area contributed by atoms with E-state index in [0.717, 1.165) is 44.2 Å². The van der Waals surface area contributed by atoms with Crippen LogP contribution in [0.5, 0.6) is 0 Å². The minimum atomic E-state index is -0.110. The van der Waals surface area contributed by atoms with Crippen LogP contribution in [0, 0.1) is 0 Å². The summed E-state index contributed by atoms with van der Waals surface area (Å²) in [6.07, 6.45) is 3.98. The molecule has 4 aromatic carbocycles. The molecule has 8 rings (SSSR count). The molecule has 182 valence electrons. The van der Waals surface area contributed by atoms with Gasteiger partial charge in [-0.2, -0.15) is 0 Å². The Kier molecular flexibility index (Phi) is 4.90. The predicted molar refractivity (Wildman–Crippen MR) is 159 cm³/mol. The van der Waals surface area contributed by atoms with Gasteiger partial charge >= 0.3 is 0 Å². The second-order valence-electron chi connectivity index (χ2n) is 9.86. The van der Waals surface area contributed by atoms with Gasteiger partial charge in [0.1, 0.15) is 0 Å². The zero-order valence-corrected chi connectivity index (χ0v) is 22.1. The Bertz CT molecular complexity index is 2060. The lowest BCUT2D eigenvalue weighted by Gasteiger charge is -2.30. The van der Waals surface area contributed by atoms with Crippen LogP contribution in [-0.2, 0) is 6.42 Å². The van der Waals surface area contributed by atoms with Gasteiger partial charge < -0.3 is 0 Å². The van der Waals surface area contributed by atoms with Gasteiger partial charge in [0.05, 0.1) is 16.3 Å². The van der Waals surface area contributed by atoms with Crippen LogP contribution in [0.4, 0.5) is 0 Å². The van der Waals surface area contributed by atoms with Crippen LogP contribution in [0.15, 0.2) is 112 Å². The third-order valence-corrected chi connectivity index (χ3v) is 9.68. The molecule has 1 aliphatic heterocycles. The van der Waals surface area contributed by atoms with Crippen LogP contribution < -0.4 is 14.9 Å². The lowest BCUT2D eigenvalue weighted by atomic mass is 9.85. The Hall–Kier alpha value is -4.06. The number of rotatable bonds is 2. The Balaban J connectivity index is 1.44. The van der Waals surface area contributed by atoms with Crippen molar-refractivity contribution >= 4 is 56.0 Å². The summed E-state index contributed by atoms with van der Waals surface area (Å²) in [5, 5.41) is 6.76. The number of thiophene rings is 1. The van der Waals surface area contributed by atoms with Gasteiger partial charge in [-0.05, 0) is 74.7 Å². The highest BCUT2D eigenvalue weighted by atomic mass is 32.1. The Labute approximate surface area is 227 Å². The SMILES string of the molecule is O=c1c(=Cc2c3ccccc3cc3ccccc23)sc2n1C(c1cccs1)C1=C(N=2)c2ccccc2CC1. The molecule has 2 aliphatic rings. The second-order valence-corrected chi connectivity index (χ2v) is 11.9. The third-order valence-electron chi connectivity index (χ3n) is 7.77. The fourth-order valence-corrected chi connectivity index (χ4v) is 7.88. The molecule has 38 heavy (non-hydrogen) atoms. The first-order valence-corrected chi connectivity index (χ1v) is 14.5. The summed E-state index contributed by atoms with van der Waals surface area (Å²) in [6, 6.07) is 31.8. The van der Waals surface area contributed by atoms with Gasteiger partial charge in [-0.1, -0.05) is 90.2 Å². The monoisotopic (exact) mass is 526 g/mol. The maximum Gasteiger partial charge on any atom is 0.271 e. The minimum Gasteiger partial charge on any atom is -0.271 e. The summed E-state index contributed by atoms with van der Waals surface area (Å²) in [4.78, 5) is 21.3. The van der Waals surface area contributed by atoms with E-state index in [-0.39, 0.29) is 11.6 Å². The normalized spacial score (nSPS) is 16.8. The number of thiazole rings is 1. The van der Waals surface area contributed by atoms with E-state index >= 15 is 0 Å². The van der Waals surface area contributed by atoms with Crippen molar-refractivity contribution in [2.75, 3.05) is 0 Å². The maximum absolute atomic E-state index is 14.2. The van der Waals surface area contributed by atoms with Crippen LogP contribution >= 0.6 is 22.7 Å². The van der Waals surface area contributed by atoms with Crippen molar-refractivity contribution in [1.29, 1.82) is 0 Å². The first-order chi connectivity index (χ1) is 18.8. The van der Waals surface area contributed by atoms with Gasteiger partial charge in [0.25, 0.3) is 5.56 Å². The van der Waals surface area contributed by atoms with Gasteiger partial charge in [0, 0.05) is 10.4 Å². The number of aryl methyl sites for hydroxylation is 1. The number of allylic oxidation sites excluding steroid dienone is 1. The lowest BCUT2D eigenvalue weighted by Crippen LogP contribution is -2.38. The van der Waals surface area contributed by atoms with Crippen molar-refractivity contribution in [2.45, 2.75) is 18.9 Å². The van der Waals surface area contributed by atoms with Crippen molar-refractivity contribution in [1.82, 2.24) is 4.57 Å². The van der Waals surface area contributed by atoms with Crippen molar-refractivity contribution in [2.24, 2.45) is 4.99 Å². The van der Waals surface area contributed by atoms with E-state index in [2.05, 4.69) is 102 Å². The average molecular weight is 527 g/mol. The van der Waals surface area contributed by atoms with Crippen molar-refractivity contribution in [3.05, 3.63) is 143 Å². The molecule has 3 heterocycles. The van der Waals surface area contributed by atoms with Crippen LogP contribution in [0.25, 0.3) is 33.3 Å². The van der Waals surface area contributed by atoms with E-state index in [9.17, 15) is 4.79 Å². The Morgan fingerprint density at radius 3 is 2.34 bits per heavy atom. The first kappa shape index (κ1) is 22.0. The molecule has 1 unspecified atom stereocenters. The van der Waals surface area contributed by atoms with Crippen LogP contribution in [0.3, 0.4) is 0 Å². The number of hydrogen-bond donors (Lipinski definition) is 0. The average Bonchev–Trinajstić information content (AvgIpc) is 3.60. The maximum atomic E-state index is 14.2. The molecule has 5 heteroatoms. The first-order valence-electron chi connectivity index (χ1n) is 12.8. The molecule has 0 saturated carbocycles. The highest BCUT2D eigenvalue weighted by molar-refractivity contribution is 7.10. The fraction of sp³-hybridized carbons (Fsp3) is 0.0909. The largest absolute Gasteiger partial charge is 0.271 e.